The van der Waals surface area contributed by atoms with E-state index in [2.05, 4.69) is 20.4 Å². The summed E-state index contributed by atoms with van der Waals surface area (Å²) in [5, 5.41) is 10.0. The Morgan fingerprint density at radius 2 is 2.00 bits per heavy atom. The van der Waals surface area contributed by atoms with Gasteiger partial charge in [-0.25, -0.2) is 0 Å². The van der Waals surface area contributed by atoms with Gasteiger partial charge in [0.15, 0.2) is 0 Å². The Bertz CT molecular complexity index is 138. The van der Waals surface area contributed by atoms with Crippen molar-refractivity contribution in [2.75, 3.05) is 0 Å². The number of hydrogen-bond acceptors (Lipinski definition) is 1. The van der Waals surface area contributed by atoms with Crippen LogP contribution in [0.5, 0.6) is 0 Å². The Labute approximate surface area is 76.5 Å². The fourth-order valence-corrected chi connectivity index (χ4v) is 1.59. The quantitative estimate of drug-likeness (QED) is 0.629. The highest BCUT2D eigenvalue weighted by Crippen LogP contribution is 2.30. The summed E-state index contributed by atoms with van der Waals surface area (Å²) in [5.41, 5.74) is -0.586. The highest BCUT2D eigenvalue weighted by molar-refractivity contribution is 4.94. The van der Waals surface area contributed by atoms with Crippen LogP contribution in [0, 0.1) is 11.8 Å². The van der Waals surface area contributed by atoms with Crippen LogP contribution in [-0.2, 0) is 0 Å². The summed E-state index contributed by atoms with van der Waals surface area (Å²) in [5.74, 6) is 0.727. The van der Waals surface area contributed by atoms with E-state index >= 15 is 0 Å². The minimum atomic E-state index is -0.586. The first-order valence-corrected chi connectivity index (χ1v) is 4.84. The van der Waals surface area contributed by atoms with E-state index in [1.165, 1.54) is 0 Å². The molecule has 0 aliphatic rings. The first kappa shape index (κ1) is 11.7. The predicted molar refractivity (Wildman–Crippen MR) is 54.1 cm³/mol. The van der Waals surface area contributed by atoms with E-state index in [9.17, 15) is 5.11 Å². The molecule has 1 N–H and O–H groups in total. The molecule has 0 aromatic heterocycles. The fourth-order valence-electron chi connectivity index (χ4n) is 1.59. The lowest BCUT2D eigenvalue weighted by molar-refractivity contribution is -0.00609. The van der Waals surface area contributed by atoms with Gasteiger partial charge in [0.1, 0.15) is 0 Å². The highest BCUT2D eigenvalue weighted by atomic mass is 16.3. The average molecular weight is 170 g/mol. The van der Waals surface area contributed by atoms with Gasteiger partial charge in [0, 0.05) is 5.92 Å². The molecule has 72 valence electrons. The van der Waals surface area contributed by atoms with Crippen molar-refractivity contribution in [2.45, 2.75) is 46.1 Å². The largest absolute Gasteiger partial charge is 0.390 e. The molecule has 0 aliphatic heterocycles. The molecule has 0 aromatic rings. The molecule has 0 aliphatic carbocycles. The monoisotopic (exact) mass is 170 g/mol. The molecule has 0 rings (SSSR count). The SMILES string of the molecule is C=C[C@H]([C@@H](C)CC)[C@](C)(O)CC. The summed E-state index contributed by atoms with van der Waals surface area (Å²) < 4.78 is 0. The van der Waals surface area contributed by atoms with Gasteiger partial charge in [-0.1, -0.05) is 33.3 Å². The van der Waals surface area contributed by atoms with Gasteiger partial charge < -0.3 is 5.11 Å². The summed E-state index contributed by atoms with van der Waals surface area (Å²) >= 11 is 0. The third-order valence-electron chi connectivity index (χ3n) is 2.94. The Hall–Kier alpha value is -0.300. The third kappa shape index (κ3) is 2.63. The Kier molecular flexibility index (Phi) is 4.54. The maximum Gasteiger partial charge on any atom is 0.0681 e. The van der Waals surface area contributed by atoms with Crippen LogP contribution in [-0.4, -0.2) is 10.7 Å². The molecule has 12 heavy (non-hydrogen) atoms. The van der Waals surface area contributed by atoms with Gasteiger partial charge in [-0.05, 0) is 19.3 Å². The minimum Gasteiger partial charge on any atom is -0.390 e. The van der Waals surface area contributed by atoms with E-state index in [-0.39, 0.29) is 5.92 Å². The van der Waals surface area contributed by atoms with Gasteiger partial charge in [0.25, 0.3) is 0 Å². The molecule has 0 radical (unpaired) electrons. The summed E-state index contributed by atoms with van der Waals surface area (Å²) in [6.45, 7) is 12.0. The van der Waals surface area contributed by atoms with Gasteiger partial charge >= 0.3 is 0 Å². The van der Waals surface area contributed by atoms with Crippen LogP contribution in [0.4, 0.5) is 0 Å². The van der Waals surface area contributed by atoms with Crippen LogP contribution in [0.15, 0.2) is 12.7 Å². The van der Waals surface area contributed by atoms with E-state index in [0.29, 0.717) is 5.92 Å². The average Bonchev–Trinajstić information content (AvgIpc) is 2.05. The summed E-state index contributed by atoms with van der Waals surface area (Å²) in [4.78, 5) is 0. The zero-order valence-electron chi connectivity index (χ0n) is 8.80. The fraction of sp³-hybridized carbons (Fsp3) is 0.818. The molecule has 0 fully saturated rings. The summed E-state index contributed by atoms with van der Waals surface area (Å²) in [6.07, 6.45) is 3.76. The second-order valence-corrected chi connectivity index (χ2v) is 3.86. The molecular weight excluding hydrogens is 148 g/mol. The molecule has 0 aromatic carbocycles. The molecule has 1 heteroatoms. The number of rotatable bonds is 5. The smallest absolute Gasteiger partial charge is 0.0681 e. The van der Waals surface area contributed by atoms with E-state index in [1.54, 1.807) is 0 Å². The summed E-state index contributed by atoms with van der Waals surface area (Å²) in [7, 11) is 0. The van der Waals surface area contributed by atoms with Crippen LogP contribution in [0.1, 0.15) is 40.5 Å². The second kappa shape index (κ2) is 4.66. The van der Waals surface area contributed by atoms with Gasteiger partial charge in [-0.15, -0.1) is 6.58 Å². The molecule has 0 spiro atoms. The van der Waals surface area contributed by atoms with Crippen molar-refractivity contribution in [1.29, 1.82) is 0 Å². The number of hydrogen-bond donors (Lipinski definition) is 1. The van der Waals surface area contributed by atoms with Crippen molar-refractivity contribution >= 4 is 0 Å². The van der Waals surface area contributed by atoms with E-state index in [1.807, 2.05) is 19.9 Å². The lowest BCUT2D eigenvalue weighted by atomic mass is 9.77. The maximum absolute atomic E-state index is 10.0. The standard InChI is InChI=1S/C11H22O/c1-6-9(4)10(7-2)11(5,12)8-3/h7,9-10,12H,2,6,8H2,1,3-5H3/t9-,10+,11+/m0/s1. The first-order valence-electron chi connectivity index (χ1n) is 4.84. The van der Waals surface area contributed by atoms with Gasteiger partial charge in [-0.3, -0.25) is 0 Å². The van der Waals surface area contributed by atoms with Crippen molar-refractivity contribution < 1.29 is 5.11 Å². The van der Waals surface area contributed by atoms with Crippen LogP contribution in [0.2, 0.25) is 0 Å². The normalized spacial score (nSPS) is 21.1. The van der Waals surface area contributed by atoms with Crippen LogP contribution in [0.25, 0.3) is 0 Å². The van der Waals surface area contributed by atoms with Crippen molar-refractivity contribution in [1.82, 2.24) is 0 Å². The van der Waals surface area contributed by atoms with Crippen molar-refractivity contribution in [3.05, 3.63) is 12.7 Å². The zero-order valence-corrected chi connectivity index (χ0v) is 8.80. The molecule has 0 amide bonds. The van der Waals surface area contributed by atoms with Crippen LogP contribution in [0.3, 0.4) is 0 Å². The van der Waals surface area contributed by atoms with E-state index in [0.717, 1.165) is 12.8 Å². The molecular formula is C11H22O. The summed E-state index contributed by atoms with van der Waals surface area (Å²) in [6, 6.07) is 0. The molecule has 0 heterocycles. The lowest BCUT2D eigenvalue weighted by Crippen LogP contribution is -2.36. The van der Waals surface area contributed by atoms with Crippen LogP contribution >= 0.6 is 0 Å². The van der Waals surface area contributed by atoms with Gasteiger partial charge in [-0.2, -0.15) is 0 Å². The molecule has 0 saturated heterocycles. The first-order chi connectivity index (χ1) is 5.49. The van der Waals surface area contributed by atoms with Crippen molar-refractivity contribution in [3.8, 4) is 0 Å². The van der Waals surface area contributed by atoms with Crippen molar-refractivity contribution in [2.24, 2.45) is 11.8 Å². The molecule has 0 unspecified atom stereocenters. The Morgan fingerprint density at radius 3 is 2.25 bits per heavy atom. The Morgan fingerprint density at radius 1 is 1.50 bits per heavy atom. The third-order valence-corrected chi connectivity index (χ3v) is 2.94. The van der Waals surface area contributed by atoms with Gasteiger partial charge in [0.05, 0.1) is 5.60 Å². The highest BCUT2D eigenvalue weighted by Gasteiger charge is 2.30. The van der Waals surface area contributed by atoms with Gasteiger partial charge in [0.2, 0.25) is 0 Å². The number of aliphatic hydroxyl groups is 1. The molecule has 0 saturated carbocycles. The predicted octanol–water partition coefficient (Wildman–Crippen LogP) is 3.00. The van der Waals surface area contributed by atoms with Crippen molar-refractivity contribution in [3.63, 3.8) is 0 Å². The molecule has 1 nitrogen and oxygen atoms in total. The molecule has 3 atom stereocenters. The van der Waals surface area contributed by atoms with E-state index < -0.39 is 5.60 Å². The van der Waals surface area contributed by atoms with E-state index in [4.69, 9.17) is 0 Å². The molecule has 0 bridgehead atoms. The lowest BCUT2D eigenvalue weighted by Gasteiger charge is -2.33. The minimum absolute atomic E-state index is 0.215. The maximum atomic E-state index is 10.0. The zero-order chi connectivity index (χ0) is 9.78. The topological polar surface area (TPSA) is 20.2 Å². The second-order valence-electron chi connectivity index (χ2n) is 3.86. The Balaban J connectivity index is 4.42. The van der Waals surface area contributed by atoms with Crippen LogP contribution < -0.4 is 0 Å².